The molecule has 1 aromatic carbocycles. The Morgan fingerprint density at radius 2 is 1.86 bits per heavy atom. The standard InChI is InChI=1S/C14H21NO5S2/c1-21(17,18)12-5-6-13(14(8-12)22(2,19)20)15-7-3-4-11(9-15)10-16/h5-6,8,11,16H,3-4,7,9-10H2,1-2H3. The summed E-state index contributed by atoms with van der Waals surface area (Å²) >= 11 is 0. The van der Waals surface area contributed by atoms with Crippen LogP contribution in [0.3, 0.4) is 0 Å². The van der Waals surface area contributed by atoms with Gasteiger partial charge in [-0.2, -0.15) is 0 Å². The Bertz CT molecular complexity index is 755. The molecule has 1 aliphatic heterocycles. The predicted octanol–water partition coefficient (Wildman–Crippen LogP) is 0.702. The van der Waals surface area contributed by atoms with Gasteiger partial charge in [-0.25, -0.2) is 16.8 Å². The van der Waals surface area contributed by atoms with E-state index in [-0.39, 0.29) is 22.3 Å². The molecule has 22 heavy (non-hydrogen) atoms. The van der Waals surface area contributed by atoms with E-state index in [1.807, 2.05) is 4.90 Å². The van der Waals surface area contributed by atoms with Crippen LogP contribution >= 0.6 is 0 Å². The van der Waals surface area contributed by atoms with Crippen LogP contribution < -0.4 is 4.90 Å². The van der Waals surface area contributed by atoms with E-state index < -0.39 is 19.7 Å². The van der Waals surface area contributed by atoms with Crippen molar-refractivity contribution in [2.75, 3.05) is 37.1 Å². The lowest BCUT2D eigenvalue weighted by atomic mass is 9.98. The molecule has 124 valence electrons. The average Bonchev–Trinajstić information content (AvgIpc) is 2.45. The number of rotatable bonds is 4. The molecule has 1 fully saturated rings. The maximum absolute atomic E-state index is 12.1. The number of sulfone groups is 2. The monoisotopic (exact) mass is 347 g/mol. The highest BCUT2D eigenvalue weighted by Gasteiger charge is 2.25. The Labute approximate surface area is 131 Å². The molecule has 1 unspecified atom stereocenters. The quantitative estimate of drug-likeness (QED) is 0.862. The topological polar surface area (TPSA) is 91.8 Å². The van der Waals surface area contributed by atoms with Crippen molar-refractivity contribution in [1.82, 2.24) is 0 Å². The number of aliphatic hydroxyl groups is 1. The Balaban J connectivity index is 2.52. The van der Waals surface area contributed by atoms with Crippen LogP contribution in [-0.2, 0) is 19.7 Å². The molecule has 0 radical (unpaired) electrons. The summed E-state index contributed by atoms with van der Waals surface area (Å²) in [4.78, 5) is 1.92. The van der Waals surface area contributed by atoms with Gasteiger partial charge in [-0.1, -0.05) is 0 Å². The molecule has 0 amide bonds. The summed E-state index contributed by atoms with van der Waals surface area (Å²) in [6, 6.07) is 4.21. The van der Waals surface area contributed by atoms with Crippen molar-refractivity contribution in [1.29, 1.82) is 0 Å². The highest BCUT2D eigenvalue weighted by Crippen LogP contribution is 2.31. The smallest absolute Gasteiger partial charge is 0.177 e. The molecular weight excluding hydrogens is 326 g/mol. The van der Waals surface area contributed by atoms with Crippen molar-refractivity contribution < 1.29 is 21.9 Å². The molecule has 1 atom stereocenters. The fourth-order valence-electron chi connectivity index (χ4n) is 2.72. The molecule has 1 aromatic rings. The normalized spacial score (nSPS) is 20.1. The minimum atomic E-state index is -3.56. The molecule has 2 rings (SSSR count). The van der Waals surface area contributed by atoms with Crippen molar-refractivity contribution in [2.45, 2.75) is 22.6 Å². The first-order chi connectivity index (χ1) is 10.1. The summed E-state index contributed by atoms with van der Waals surface area (Å²) in [5, 5.41) is 9.31. The summed E-state index contributed by atoms with van der Waals surface area (Å²) in [6.07, 6.45) is 3.90. The molecule has 1 aliphatic rings. The molecule has 6 nitrogen and oxygen atoms in total. The van der Waals surface area contributed by atoms with Crippen LogP contribution in [0.25, 0.3) is 0 Å². The highest BCUT2D eigenvalue weighted by molar-refractivity contribution is 7.91. The van der Waals surface area contributed by atoms with E-state index in [1.54, 1.807) is 6.07 Å². The zero-order valence-corrected chi connectivity index (χ0v) is 14.3. The van der Waals surface area contributed by atoms with Gasteiger partial charge >= 0.3 is 0 Å². The number of anilines is 1. The van der Waals surface area contributed by atoms with Crippen molar-refractivity contribution >= 4 is 25.4 Å². The molecule has 0 spiro atoms. The van der Waals surface area contributed by atoms with E-state index in [2.05, 4.69) is 0 Å². The number of nitrogens with zero attached hydrogens (tertiary/aromatic N) is 1. The number of benzene rings is 1. The van der Waals surface area contributed by atoms with Gasteiger partial charge in [0.15, 0.2) is 19.7 Å². The van der Waals surface area contributed by atoms with Gasteiger partial charge in [0.2, 0.25) is 0 Å². The van der Waals surface area contributed by atoms with E-state index in [4.69, 9.17) is 0 Å². The lowest BCUT2D eigenvalue weighted by Crippen LogP contribution is -2.37. The number of hydrogen-bond acceptors (Lipinski definition) is 6. The third-order valence-corrected chi connectivity index (χ3v) is 6.11. The predicted molar refractivity (Wildman–Crippen MR) is 84.7 cm³/mol. The molecule has 1 heterocycles. The summed E-state index contributed by atoms with van der Waals surface area (Å²) in [5.41, 5.74) is 0.507. The molecule has 1 saturated heterocycles. The van der Waals surface area contributed by atoms with E-state index in [0.717, 1.165) is 25.4 Å². The van der Waals surface area contributed by atoms with E-state index in [0.29, 0.717) is 18.8 Å². The molecular formula is C14H21NO5S2. The largest absolute Gasteiger partial charge is 0.396 e. The van der Waals surface area contributed by atoms with Crippen molar-refractivity contribution in [3.63, 3.8) is 0 Å². The maximum Gasteiger partial charge on any atom is 0.177 e. The zero-order valence-electron chi connectivity index (χ0n) is 12.7. The number of piperidine rings is 1. The first-order valence-corrected chi connectivity index (χ1v) is 10.8. The summed E-state index contributed by atoms with van der Waals surface area (Å²) in [6.45, 7) is 1.32. The molecule has 0 saturated carbocycles. The highest BCUT2D eigenvalue weighted by atomic mass is 32.2. The second-order valence-corrected chi connectivity index (χ2v) is 9.81. The van der Waals surface area contributed by atoms with Crippen LogP contribution in [0.4, 0.5) is 5.69 Å². The first kappa shape index (κ1) is 17.2. The number of aliphatic hydroxyl groups excluding tert-OH is 1. The molecule has 0 aliphatic carbocycles. The minimum absolute atomic E-state index is 0.00704. The second kappa shape index (κ2) is 6.17. The van der Waals surface area contributed by atoms with Crippen molar-refractivity contribution in [2.24, 2.45) is 5.92 Å². The SMILES string of the molecule is CS(=O)(=O)c1ccc(N2CCCC(CO)C2)c(S(C)(=O)=O)c1. The number of hydrogen-bond donors (Lipinski definition) is 1. The van der Waals surface area contributed by atoms with E-state index >= 15 is 0 Å². The van der Waals surface area contributed by atoms with Crippen LogP contribution in [0.1, 0.15) is 12.8 Å². The second-order valence-electron chi connectivity index (χ2n) is 5.81. The van der Waals surface area contributed by atoms with Crippen molar-refractivity contribution in [3.8, 4) is 0 Å². The summed E-state index contributed by atoms with van der Waals surface area (Å²) < 4.78 is 47.4. The van der Waals surface area contributed by atoms with Gasteiger partial charge in [-0.15, -0.1) is 0 Å². The van der Waals surface area contributed by atoms with Gasteiger partial charge < -0.3 is 10.0 Å². The van der Waals surface area contributed by atoms with Crippen LogP contribution in [0.15, 0.2) is 28.0 Å². The molecule has 0 aromatic heterocycles. The molecule has 0 bridgehead atoms. The van der Waals surface area contributed by atoms with Gasteiger partial charge in [0.1, 0.15) is 0 Å². The summed E-state index contributed by atoms with van der Waals surface area (Å²) in [5.74, 6) is 0.107. The minimum Gasteiger partial charge on any atom is -0.396 e. The maximum atomic E-state index is 12.1. The van der Waals surface area contributed by atoms with Gasteiger partial charge in [-0.3, -0.25) is 0 Å². The van der Waals surface area contributed by atoms with Gasteiger partial charge in [0.05, 0.1) is 15.5 Å². The van der Waals surface area contributed by atoms with Gasteiger partial charge in [-0.05, 0) is 37.0 Å². The van der Waals surface area contributed by atoms with Crippen molar-refractivity contribution in [3.05, 3.63) is 18.2 Å². The fraction of sp³-hybridized carbons (Fsp3) is 0.571. The average molecular weight is 347 g/mol. The first-order valence-electron chi connectivity index (χ1n) is 7.03. The van der Waals surface area contributed by atoms with Gasteiger partial charge in [0, 0.05) is 32.2 Å². The summed E-state index contributed by atoms with van der Waals surface area (Å²) in [7, 11) is -7.03. The third-order valence-electron chi connectivity index (χ3n) is 3.88. The van der Waals surface area contributed by atoms with Crippen LogP contribution in [-0.4, -0.2) is 54.2 Å². The lowest BCUT2D eigenvalue weighted by molar-refractivity contribution is 0.208. The lowest BCUT2D eigenvalue weighted by Gasteiger charge is -2.34. The van der Waals surface area contributed by atoms with Gasteiger partial charge in [0.25, 0.3) is 0 Å². The Morgan fingerprint density at radius 1 is 1.18 bits per heavy atom. The Morgan fingerprint density at radius 3 is 2.41 bits per heavy atom. The zero-order chi connectivity index (χ0) is 16.5. The van der Waals surface area contributed by atoms with Crippen LogP contribution in [0.2, 0.25) is 0 Å². The van der Waals surface area contributed by atoms with Crippen LogP contribution in [0.5, 0.6) is 0 Å². The Hall–Kier alpha value is -1.12. The Kier molecular flexibility index (Phi) is 4.84. The molecule has 8 heteroatoms. The third kappa shape index (κ3) is 3.80. The fourth-order valence-corrected chi connectivity index (χ4v) is 4.36. The van der Waals surface area contributed by atoms with Crippen LogP contribution in [0, 0.1) is 5.92 Å². The molecule has 1 N–H and O–H groups in total. The van der Waals surface area contributed by atoms with E-state index in [1.165, 1.54) is 12.1 Å². The van der Waals surface area contributed by atoms with E-state index in [9.17, 15) is 21.9 Å².